The topological polar surface area (TPSA) is 88.8 Å². The van der Waals surface area contributed by atoms with Crippen LogP contribution < -0.4 is 5.32 Å². The fourth-order valence-electron chi connectivity index (χ4n) is 6.47. The highest BCUT2D eigenvalue weighted by Crippen LogP contribution is 2.54. The lowest BCUT2D eigenvalue weighted by molar-refractivity contribution is -0.145. The predicted molar refractivity (Wildman–Crippen MR) is 171 cm³/mol. The summed E-state index contributed by atoms with van der Waals surface area (Å²) in [6, 6.07) is 9.24. The van der Waals surface area contributed by atoms with Crippen LogP contribution in [0.2, 0.25) is 10.0 Å². The molecule has 3 aromatic rings. The van der Waals surface area contributed by atoms with Crippen molar-refractivity contribution in [2.45, 2.75) is 52.1 Å². The molecular weight excluding hydrogens is 604 g/mol. The minimum atomic E-state index is -1.13. The van der Waals surface area contributed by atoms with Crippen LogP contribution in [0, 0.1) is 11.2 Å². The minimum absolute atomic E-state index is 0.000164. The quantitative estimate of drug-likeness (QED) is 0.255. The number of amides is 4. The third-order valence-corrected chi connectivity index (χ3v) is 9.18. The fraction of sp³-hybridized carbons (Fsp3) is 0.424. The van der Waals surface area contributed by atoms with Crippen LogP contribution in [0.4, 0.5) is 9.18 Å². The summed E-state index contributed by atoms with van der Waals surface area (Å²) >= 11 is 12.3. The Morgan fingerprint density at radius 3 is 2.52 bits per heavy atom. The van der Waals surface area contributed by atoms with E-state index in [2.05, 4.69) is 23.3 Å². The van der Waals surface area contributed by atoms with E-state index in [-0.39, 0.29) is 35.8 Å². The van der Waals surface area contributed by atoms with Gasteiger partial charge in [0.05, 0.1) is 16.5 Å². The molecule has 5 rings (SSSR count). The first-order chi connectivity index (χ1) is 21.2. The molecule has 2 N–H and O–H groups in total. The second-order valence-electron chi connectivity index (χ2n) is 11.5. The summed E-state index contributed by atoms with van der Waals surface area (Å²) in [6.45, 7) is 6.12. The summed E-state index contributed by atoms with van der Waals surface area (Å²) in [7, 11) is 0. The number of nitrogens with one attached hydrogen (secondary N) is 2. The van der Waals surface area contributed by atoms with Gasteiger partial charge in [0.25, 0.3) is 0 Å². The van der Waals surface area contributed by atoms with Crippen molar-refractivity contribution in [2.24, 2.45) is 5.41 Å². The zero-order valence-corrected chi connectivity index (χ0v) is 26.6. The van der Waals surface area contributed by atoms with Gasteiger partial charge in [-0.05, 0) is 49.6 Å². The molecule has 1 aromatic heterocycles. The van der Waals surface area contributed by atoms with Crippen molar-refractivity contribution < 1.29 is 18.8 Å². The van der Waals surface area contributed by atoms with E-state index >= 15 is 0 Å². The molecule has 3 heterocycles. The van der Waals surface area contributed by atoms with Gasteiger partial charge in [-0.3, -0.25) is 9.59 Å². The SMILES string of the molecule is CCCC=CCC1(C(=O)N2CCN(C(=O)NCC)CC2)CC(=O)N(Cc2ccc(Cl)c(F)c2)C1c1c[nH]c2cc(Cl)ccc12. The smallest absolute Gasteiger partial charge is 0.317 e. The largest absolute Gasteiger partial charge is 0.361 e. The Morgan fingerprint density at radius 1 is 1.07 bits per heavy atom. The van der Waals surface area contributed by atoms with Crippen molar-refractivity contribution in [3.8, 4) is 0 Å². The van der Waals surface area contributed by atoms with Gasteiger partial charge in [0.2, 0.25) is 11.8 Å². The average Bonchev–Trinajstić information content (AvgIpc) is 3.54. The molecule has 2 saturated heterocycles. The number of hydrogen-bond donors (Lipinski definition) is 2. The van der Waals surface area contributed by atoms with Crippen molar-refractivity contribution in [1.29, 1.82) is 0 Å². The van der Waals surface area contributed by atoms with Crippen LogP contribution in [0.15, 0.2) is 54.7 Å². The number of nitrogens with zero attached hydrogens (tertiary/aromatic N) is 3. The van der Waals surface area contributed by atoms with E-state index in [4.69, 9.17) is 23.2 Å². The predicted octanol–water partition coefficient (Wildman–Crippen LogP) is 6.69. The number of allylic oxidation sites excluding steroid dienone is 2. The van der Waals surface area contributed by atoms with E-state index in [1.54, 1.807) is 26.8 Å². The third-order valence-electron chi connectivity index (χ3n) is 8.64. The Bertz CT molecular complexity index is 1570. The van der Waals surface area contributed by atoms with Gasteiger partial charge in [-0.15, -0.1) is 0 Å². The molecule has 0 radical (unpaired) electrons. The number of carbonyl (C=O) groups excluding carboxylic acids is 3. The maximum absolute atomic E-state index is 14.8. The standard InChI is InChI=1S/C33H38Cl2FN5O3/c1-3-5-6-7-12-33(31(43)39-13-15-40(16-14-39)32(44)37-4-2)19-29(42)41(21-22-8-11-26(35)27(36)17-22)30(33)25-20-38-28-18-23(34)9-10-24(25)28/h6-11,17-18,20,30,38H,3-5,12-16,19,21H2,1-2H3,(H,37,44). The molecule has 2 aromatic carbocycles. The number of rotatable bonds is 9. The lowest BCUT2D eigenvalue weighted by atomic mass is 9.72. The number of carbonyl (C=O) groups is 3. The number of halogens is 3. The Morgan fingerprint density at radius 2 is 1.82 bits per heavy atom. The van der Waals surface area contributed by atoms with Gasteiger partial charge in [-0.2, -0.15) is 0 Å². The Labute approximate surface area is 267 Å². The summed E-state index contributed by atoms with van der Waals surface area (Å²) in [5.74, 6) is -0.878. The fourth-order valence-corrected chi connectivity index (χ4v) is 6.76. The Kier molecular flexibility index (Phi) is 9.85. The molecule has 2 atom stereocenters. The number of H-pyrrole nitrogens is 1. The maximum Gasteiger partial charge on any atom is 0.317 e. The summed E-state index contributed by atoms with van der Waals surface area (Å²) in [5, 5.41) is 4.25. The summed E-state index contributed by atoms with van der Waals surface area (Å²) in [4.78, 5) is 49.8. The van der Waals surface area contributed by atoms with Gasteiger partial charge in [0.1, 0.15) is 5.82 Å². The summed E-state index contributed by atoms with van der Waals surface area (Å²) in [6.07, 6.45) is 8.10. The Hall–Kier alpha value is -3.56. The second-order valence-corrected chi connectivity index (χ2v) is 12.4. The minimum Gasteiger partial charge on any atom is -0.361 e. The number of unbranched alkanes of at least 4 members (excludes halogenated alkanes) is 1. The van der Waals surface area contributed by atoms with Crippen LogP contribution in [0.1, 0.15) is 56.7 Å². The number of aromatic amines is 1. The van der Waals surface area contributed by atoms with Gasteiger partial charge in [0.15, 0.2) is 0 Å². The third kappa shape index (κ3) is 6.31. The van der Waals surface area contributed by atoms with Crippen molar-refractivity contribution >= 4 is 52.0 Å². The normalized spacial score (nSPS) is 20.7. The van der Waals surface area contributed by atoms with E-state index < -0.39 is 17.3 Å². The van der Waals surface area contributed by atoms with Crippen LogP contribution in [0.3, 0.4) is 0 Å². The first-order valence-electron chi connectivity index (χ1n) is 15.2. The molecule has 0 saturated carbocycles. The van der Waals surface area contributed by atoms with Crippen LogP contribution in [-0.4, -0.2) is 70.3 Å². The van der Waals surface area contributed by atoms with E-state index in [0.717, 1.165) is 29.3 Å². The molecule has 2 unspecified atom stereocenters. The van der Waals surface area contributed by atoms with Crippen molar-refractivity contribution in [3.05, 3.63) is 81.7 Å². The van der Waals surface area contributed by atoms with Crippen LogP contribution in [0.25, 0.3) is 10.9 Å². The lowest BCUT2D eigenvalue weighted by Crippen LogP contribution is -2.56. The van der Waals surface area contributed by atoms with E-state index in [0.29, 0.717) is 49.7 Å². The van der Waals surface area contributed by atoms with Crippen molar-refractivity contribution in [1.82, 2.24) is 25.0 Å². The maximum atomic E-state index is 14.8. The van der Waals surface area contributed by atoms with Gasteiger partial charge >= 0.3 is 6.03 Å². The molecule has 0 spiro atoms. The number of hydrogen-bond acceptors (Lipinski definition) is 3. The second kappa shape index (κ2) is 13.6. The highest BCUT2D eigenvalue weighted by Gasteiger charge is 2.58. The lowest BCUT2D eigenvalue weighted by Gasteiger charge is -2.42. The van der Waals surface area contributed by atoms with Crippen LogP contribution in [-0.2, 0) is 16.1 Å². The molecule has 44 heavy (non-hydrogen) atoms. The molecule has 11 heteroatoms. The zero-order chi connectivity index (χ0) is 31.4. The number of fused-ring (bicyclic) bond motifs is 1. The van der Waals surface area contributed by atoms with Gasteiger partial charge in [-0.1, -0.05) is 60.8 Å². The highest BCUT2D eigenvalue weighted by atomic mass is 35.5. The number of piperazine rings is 1. The molecule has 2 aliphatic rings. The molecule has 2 fully saturated rings. The van der Waals surface area contributed by atoms with Crippen LogP contribution in [0.5, 0.6) is 0 Å². The highest BCUT2D eigenvalue weighted by molar-refractivity contribution is 6.31. The zero-order valence-electron chi connectivity index (χ0n) is 25.0. The summed E-state index contributed by atoms with van der Waals surface area (Å²) < 4.78 is 14.5. The van der Waals surface area contributed by atoms with E-state index in [1.165, 1.54) is 12.1 Å². The van der Waals surface area contributed by atoms with E-state index in [9.17, 15) is 18.8 Å². The van der Waals surface area contributed by atoms with Crippen LogP contribution >= 0.6 is 23.2 Å². The number of benzene rings is 2. The summed E-state index contributed by atoms with van der Waals surface area (Å²) in [5.41, 5.74) is 1.04. The monoisotopic (exact) mass is 641 g/mol. The first kappa shape index (κ1) is 31.9. The van der Waals surface area contributed by atoms with Gasteiger partial charge in [-0.25, -0.2) is 9.18 Å². The molecule has 4 amide bonds. The first-order valence-corrected chi connectivity index (χ1v) is 15.9. The van der Waals surface area contributed by atoms with E-state index in [1.807, 2.05) is 31.3 Å². The van der Waals surface area contributed by atoms with Gasteiger partial charge in [0, 0.05) is 73.4 Å². The molecule has 0 bridgehead atoms. The molecule has 0 aliphatic carbocycles. The molecule has 8 nitrogen and oxygen atoms in total. The number of urea groups is 1. The molecular formula is C33H38Cl2FN5O3. The average molecular weight is 643 g/mol. The number of aromatic nitrogens is 1. The molecule has 2 aliphatic heterocycles. The number of likely N-dealkylation sites (tertiary alicyclic amines) is 1. The van der Waals surface area contributed by atoms with Crippen molar-refractivity contribution in [3.63, 3.8) is 0 Å². The Balaban J connectivity index is 1.59. The van der Waals surface area contributed by atoms with Crippen molar-refractivity contribution in [2.75, 3.05) is 32.7 Å². The molecule has 234 valence electrons. The van der Waals surface area contributed by atoms with Gasteiger partial charge < -0.3 is 25.0 Å².